The Morgan fingerprint density at radius 3 is 2.62 bits per heavy atom. The van der Waals surface area contributed by atoms with Crippen LogP contribution in [0.25, 0.3) is 0 Å². The first kappa shape index (κ1) is 19.0. The Balaban J connectivity index is 1.90. The summed E-state index contributed by atoms with van der Waals surface area (Å²) in [5.41, 5.74) is 1.07. The maximum Gasteiger partial charge on any atom is 0.243 e. The van der Waals surface area contributed by atoms with Gasteiger partial charge in [-0.1, -0.05) is 36.4 Å². The number of aliphatic hydroxyl groups excluding tert-OH is 1. The van der Waals surface area contributed by atoms with Gasteiger partial charge in [0.05, 0.1) is 11.5 Å². The summed E-state index contributed by atoms with van der Waals surface area (Å²) < 4.78 is 41.2. The highest BCUT2D eigenvalue weighted by atomic mass is 32.2. The molecule has 140 valence electrons. The molecule has 1 heterocycles. The van der Waals surface area contributed by atoms with Gasteiger partial charge in [0, 0.05) is 18.5 Å². The molecule has 4 nitrogen and oxygen atoms in total. The van der Waals surface area contributed by atoms with Crippen molar-refractivity contribution in [1.29, 1.82) is 0 Å². The van der Waals surface area contributed by atoms with Crippen LogP contribution in [0.4, 0.5) is 4.39 Å². The lowest BCUT2D eigenvalue weighted by Crippen LogP contribution is -2.49. The number of hydrogen-bond donors (Lipinski definition) is 1. The molecule has 1 atom stereocenters. The second-order valence-electron chi connectivity index (χ2n) is 7.17. The van der Waals surface area contributed by atoms with Crippen LogP contribution in [0.2, 0.25) is 0 Å². The van der Waals surface area contributed by atoms with E-state index in [0.29, 0.717) is 24.9 Å². The molecule has 1 aliphatic heterocycles. The fourth-order valence-corrected chi connectivity index (χ4v) is 5.54. The summed E-state index contributed by atoms with van der Waals surface area (Å²) in [4.78, 5) is 0.00551. The average molecular weight is 377 g/mol. The van der Waals surface area contributed by atoms with Crippen LogP contribution in [0.15, 0.2) is 53.4 Å². The molecule has 0 unspecified atom stereocenters. The predicted octanol–water partition coefficient (Wildman–Crippen LogP) is 3.14. The monoisotopic (exact) mass is 377 g/mol. The van der Waals surface area contributed by atoms with E-state index < -0.39 is 21.3 Å². The minimum absolute atomic E-state index is 0.00551. The third-order valence-corrected chi connectivity index (χ3v) is 7.14. The molecule has 0 radical (unpaired) electrons. The fraction of sp³-hybridized carbons (Fsp3) is 0.400. The van der Waals surface area contributed by atoms with E-state index in [2.05, 4.69) is 0 Å². The summed E-state index contributed by atoms with van der Waals surface area (Å²) in [7, 11) is -3.81. The number of halogens is 1. The zero-order valence-electron chi connectivity index (χ0n) is 14.9. The highest BCUT2D eigenvalue weighted by Crippen LogP contribution is 2.36. The molecule has 26 heavy (non-hydrogen) atoms. The van der Waals surface area contributed by atoms with Crippen LogP contribution in [0.3, 0.4) is 0 Å². The zero-order chi connectivity index (χ0) is 18.8. The van der Waals surface area contributed by atoms with E-state index in [0.717, 1.165) is 18.1 Å². The summed E-state index contributed by atoms with van der Waals surface area (Å²) in [6, 6.07) is 13.6. The van der Waals surface area contributed by atoms with Gasteiger partial charge in [-0.15, -0.1) is 0 Å². The molecule has 6 heteroatoms. The Kier molecular flexibility index (Phi) is 5.46. The molecule has 3 rings (SSSR count). The lowest BCUT2D eigenvalue weighted by atomic mass is 9.76. The number of hydrogen-bond acceptors (Lipinski definition) is 3. The van der Waals surface area contributed by atoms with Crippen molar-refractivity contribution < 1.29 is 17.9 Å². The third-order valence-electron chi connectivity index (χ3n) is 5.15. The van der Waals surface area contributed by atoms with Gasteiger partial charge in [-0.25, -0.2) is 12.8 Å². The van der Waals surface area contributed by atoms with E-state index in [1.807, 2.05) is 30.3 Å². The molecule has 0 aliphatic carbocycles. The van der Waals surface area contributed by atoms with Gasteiger partial charge in [0.25, 0.3) is 0 Å². The Hall–Kier alpha value is -1.76. The Bertz CT molecular complexity index is 870. The van der Waals surface area contributed by atoms with Gasteiger partial charge in [0.1, 0.15) is 5.82 Å². The number of sulfonamides is 1. The number of nitrogens with zero attached hydrogens (tertiary/aromatic N) is 1. The SMILES string of the molecule is Cc1ccc(F)cc1S(=O)(=O)N1CCC[C@](CO)(Cc2ccccc2)C1. The molecule has 0 amide bonds. The zero-order valence-corrected chi connectivity index (χ0v) is 15.7. The highest BCUT2D eigenvalue weighted by Gasteiger charge is 2.40. The van der Waals surface area contributed by atoms with Gasteiger partial charge in [0.15, 0.2) is 0 Å². The van der Waals surface area contributed by atoms with Crippen molar-refractivity contribution in [2.24, 2.45) is 5.41 Å². The molecule has 2 aromatic rings. The summed E-state index contributed by atoms with van der Waals surface area (Å²) >= 11 is 0. The molecule has 0 bridgehead atoms. The average Bonchev–Trinajstić information content (AvgIpc) is 2.64. The number of benzene rings is 2. The van der Waals surface area contributed by atoms with Gasteiger partial charge in [-0.05, 0) is 49.4 Å². The molecular weight excluding hydrogens is 353 g/mol. The summed E-state index contributed by atoms with van der Waals surface area (Å²) in [6.07, 6.45) is 2.03. The van der Waals surface area contributed by atoms with E-state index >= 15 is 0 Å². The van der Waals surface area contributed by atoms with Crippen molar-refractivity contribution in [3.8, 4) is 0 Å². The molecular formula is C20H24FNO3S. The van der Waals surface area contributed by atoms with Crippen LogP contribution in [0.5, 0.6) is 0 Å². The molecule has 1 N–H and O–H groups in total. The standard InChI is InChI=1S/C20H24FNO3S/c1-16-8-9-18(21)12-19(16)26(24,25)22-11-5-10-20(14-22,15-23)13-17-6-3-2-4-7-17/h2-4,6-9,12,23H,5,10-11,13-15H2,1H3/t20-/m0/s1. The third kappa shape index (κ3) is 3.82. The van der Waals surface area contributed by atoms with Crippen molar-refractivity contribution in [1.82, 2.24) is 4.31 Å². The van der Waals surface area contributed by atoms with Crippen molar-refractivity contribution >= 4 is 10.0 Å². The van der Waals surface area contributed by atoms with E-state index in [-0.39, 0.29) is 18.0 Å². The minimum atomic E-state index is -3.81. The first-order chi connectivity index (χ1) is 12.4. The molecule has 0 spiro atoms. The molecule has 0 aromatic heterocycles. The largest absolute Gasteiger partial charge is 0.396 e. The summed E-state index contributed by atoms with van der Waals surface area (Å²) in [6.45, 7) is 2.20. The lowest BCUT2D eigenvalue weighted by Gasteiger charge is -2.41. The Morgan fingerprint density at radius 2 is 1.92 bits per heavy atom. The van der Waals surface area contributed by atoms with Crippen molar-refractivity contribution in [3.05, 3.63) is 65.5 Å². The molecule has 2 aromatic carbocycles. The number of aryl methyl sites for hydroxylation is 1. The number of aliphatic hydroxyl groups is 1. The predicted molar refractivity (Wildman–Crippen MR) is 98.8 cm³/mol. The van der Waals surface area contributed by atoms with E-state index in [1.54, 1.807) is 6.92 Å². The highest BCUT2D eigenvalue weighted by molar-refractivity contribution is 7.89. The summed E-state index contributed by atoms with van der Waals surface area (Å²) in [5.74, 6) is -0.566. The molecule has 0 saturated carbocycles. The van der Waals surface area contributed by atoms with Crippen molar-refractivity contribution in [2.75, 3.05) is 19.7 Å². The van der Waals surface area contributed by atoms with E-state index in [1.165, 1.54) is 16.4 Å². The normalized spacial score (nSPS) is 21.7. The second-order valence-corrected chi connectivity index (χ2v) is 9.08. The van der Waals surface area contributed by atoms with E-state index in [9.17, 15) is 17.9 Å². The van der Waals surface area contributed by atoms with E-state index in [4.69, 9.17) is 0 Å². The lowest BCUT2D eigenvalue weighted by molar-refractivity contribution is 0.0645. The second kappa shape index (κ2) is 7.47. The Labute approximate surface area is 154 Å². The molecule has 1 aliphatic rings. The van der Waals surface area contributed by atoms with Gasteiger partial charge in [0.2, 0.25) is 10.0 Å². The van der Waals surface area contributed by atoms with Crippen molar-refractivity contribution in [2.45, 2.75) is 31.1 Å². The van der Waals surface area contributed by atoms with Crippen molar-refractivity contribution in [3.63, 3.8) is 0 Å². The number of rotatable bonds is 5. The van der Waals surface area contributed by atoms with Crippen LogP contribution in [-0.2, 0) is 16.4 Å². The topological polar surface area (TPSA) is 57.6 Å². The van der Waals surface area contributed by atoms with Gasteiger partial charge in [-0.3, -0.25) is 0 Å². The van der Waals surface area contributed by atoms with Crippen LogP contribution in [-0.4, -0.2) is 37.5 Å². The number of piperidine rings is 1. The smallest absolute Gasteiger partial charge is 0.243 e. The quantitative estimate of drug-likeness (QED) is 0.871. The van der Waals surface area contributed by atoms with Crippen LogP contribution < -0.4 is 0 Å². The van der Waals surface area contributed by atoms with Crippen LogP contribution in [0, 0.1) is 18.2 Å². The summed E-state index contributed by atoms with van der Waals surface area (Å²) in [5, 5.41) is 10.1. The van der Waals surface area contributed by atoms with Gasteiger partial charge in [-0.2, -0.15) is 4.31 Å². The molecule has 1 saturated heterocycles. The fourth-order valence-electron chi connectivity index (χ4n) is 3.72. The van der Waals surface area contributed by atoms with Crippen LogP contribution in [0.1, 0.15) is 24.0 Å². The first-order valence-corrected chi connectivity index (χ1v) is 10.2. The minimum Gasteiger partial charge on any atom is -0.396 e. The maximum atomic E-state index is 13.6. The van der Waals surface area contributed by atoms with Crippen LogP contribution >= 0.6 is 0 Å². The first-order valence-electron chi connectivity index (χ1n) is 8.77. The van der Waals surface area contributed by atoms with Gasteiger partial charge >= 0.3 is 0 Å². The maximum absolute atomic E-state index is 13.6. The Morgan fingerprint density at radius 1 is 1.19 bits per heavy atom. The molecule has 1 fully saturated rings. The van der Waals surface area contributed by atoms with Gasteiger partial charge < -0.3 is 5.11 Å².